The minimum absolute atomic E-state index is 0.427. The zero-order valence-corrected chi connectivity index (χ0v) is 12.0. The lowest BCUT2D eigenvalue weighted by Gasteiger charge is -2.07. The van der Waals surface area contributed by atoms with Crippen LogP contribution in [0.4, 0.5) is 0 Å². The molecule has 0 aliphatic carbocycles. The quantitative estimate of drug-likeness (QED) is 0.670. The fourth-order valence-corrected chi connectivity index (χ4v) is 2.25. The largest absolute Gasteiger partial charge is 0.487 e. The summed E-state index contributed by atoms with van der Waals surface area (Å²) in [5, 5.41) is 2.13. The van der Waals surface area contributed by atoms with Crippen molar-refractivity contribution in [3.05, 3.63) is 70.3 Å². The monoisotopic (exact) mass is 303 g/mol. The summed E-state index contributed by atoms with van der Waals surface area (Å²) in [5.41, 5.74) is 1.92. The first-order valence-corrected chi connectivity index (χ1v) is 6.89. The van der Waals surface area contributed by atoms with Gasteiger partial charge in [-0.15, -0.1) is 0 Å². The van der Waals surface area contributed by atoms with Gasteiger partial charge in [-0.25, -0.2) is 0 Å². The molecule has 0 atom stereocenters. The van der Waals surface area contributed by atoms with E-state index < -0.39 is 0 Å². The van der Waals surface area contributed by atoms with Gasteiger partial charge < -0.3 is 4.74 Å². The summed E-state index contributed by atoms with van der Waals surface area (Å²) in [7, 11) is 0. The second-order valence-electron chi connectivity index (χ2n) is 4.40. The summed E-state index contributed by atoms with van der Waals surface area (Å²) >= 11 is 11.9. The van der Waals surface area contributed by atoms with Crippen molar-refractivity contribution in [3.63, 3.8) is 0 Å². The summed E-state index contributed by atoms with van der Waals surface area (Å²) < 4.78 is 5.73. The molecule has 3 aromatic rings. The van der Waals surface area contributed by atoms with Gasteiger partial charge in [0.1, 0.15) is 12.4 Å². The van der Waals surface area contributed by atoms with Crippen molar-refractivity contribution in [2.24, 2.45) is 0 Å². The first kappa shape index (κ1) is 13.2. The van der Waals surface area contributed by atoms with Crippen molar-refractivity contribution in [2.75, 3.05) is 0 Å². The Kier molecular flexibility index (Phi) is 3.77. The number of aromatic nitrogens is 1. The van der Waals surface area contributed by atoms with Gasteiger partial charge in [-0.3, -0.25) is 4.98 Å². The normalized spacial score (nSPS) is 10.7. The first-order valence-electron chi connectivity index (χ1n) is 6.14. The van der Waals surface area contributed by atoms with E-state index in [4.69, 9.17) is 27.9 Å². The SMILES string of the molecule is Clc1ccc(COc2cnc3ccccc3c2)cc1Cl. The number of benzene rings is 2. The number of halogens is 2. The van der Waals surface area contributed by atoms with E-state index in [2.05, 4.69) is 4.98 Å². The van der Waals surface area contributed by atoms with E-state index in [-0.39, 0.29) is 0 Å². The summed E-state index contributed by atoms with van der Waals surface area (Å²) in [6, 6.07) is 15.4. The van der Waals surface area contributed by atoms with Crippen LogP contribution in [0, 0.1) is 0 Å². The maximum atomic E-state index is 5.97. The van der Waals surface area contributed by atoms with E-state index in [1.54, 1.807) is 18.3 Å². The van der Waals surface area contributed by atoms with Crippen LogP contribution in [-0.4, -0.2) is 4.98 Å². The average molecular weight is 304 g/mol. The van der Waals surface area contributed by atoms with Gasteiger partial charge in [0, 0.05) is 5.39 Å². The van der Waals surface area contributed by atoms with Crippen LogP contribution in [0.5, 0.6) is 5.75 Å². The second kappa shape index (κ2) is 5.70. The summed E-state index contributed by atoms with van der Waals surface area (Å²) in [6.07, 6.45) is 1.72. The van der Waals surface area contributed by atoms with Gasteiger partial charge in [-0.2, -0.15) is 0 Å². The standard InChI is InChI=1S/C16H11Cl2NO/c17-14-6-5-11(7-15(14)18)10-20-13-8-12-3-1-2-4-16(12)19-9-13/h1-9H,10H2. The second-order valence-corrected chi connectivity index (χ2v) is 5.22. The van der Waals surface area contributed by atoms with Crippen molar-refractivity contribution in [1.29, 1.82) is 0 Å². The van der Waals surface area contributed by atoms with E-state index in [0.29, 0.717) is 16.7 Å². The Morgan fingerprint density at radius 2 is 1.80 bits per heavy atom. The van der Waals surface area contributed by atoms with Gasteiger partial charge in [0.25, 0.3) is 0 Å². The highest BCUT2D eigenvalue weighted by Gasteiger charge is 2.02. The van der Waals surface area contributed by atoms with Gasteiger partial charge in [-0.05, 0) is 29.8 Å². The maximum absolute atomic E-state index is 5.97. The van der Waals surface area contributed by atoms with Gasteiger partial charge in [0.2, 0.25) is 0 Å². The molecule has 0 spiro atoms. The van der Waals surface area contributed by atoms with Crippen LogP contribution >= 0.6 is 23.2 Å². The van der Waals surface area contributed by atoms with Gasteiger partial charge in [0.05, 0.1) is 21.8 Å². The molecule has 2 nitrogen and oxygen atoms in total. The fourth-order valence-electron chi connectivity index (χ4n) is 1.93. The van der Waals surface area contributed by atoms with Crippen LogP contribution < -0.4 is 4.74 Å². The molecule has 0 bridgehead atoms. The molecule has 3 rings (SSSR count). The number of hydrogen-bond acceptors (Lipinski definition) is 2. The van der Waals surface area contributed by atoms with Crippen LogP contribution in [0.2, 0.25) is 10.0 Å². The number of nitrogens with zero attached hydrogens (tertiary/aromatic N) is 1. The highest BCUT2D eigenvalue weighted by molar-refractivity contribution is 6.42. The predicted molar refractivity (Wildman–Crippen MR) is 82.5 cm³/mol. The number of pyridine rings is 1. The third-order valence-electron chi connectivity index (χ3n) is 2.95. The molecule has 0 aliphatic rings. The Morgan fingerprint density at radius 3 is 2.65 bits per heavy atom. The Morgan fingerprint density at radius 1 is 0.950 bits per heavy atom. The third-order valence-corrected chi connectivity index (χ3v) is 3.69. The number of para-hydroxylation sites is 1. The van der Waals surface area contributed by atoms with Crippen molar-refractivity contribution < 1.29 is 4.74 Å². The Hall–Kier alpha value is -1.77. The maximum Gasteiger partial charge on any atom is 0.138 e. The smallest absolute Gasteiger partial charge is 0.138 e. The van der Waals surface area contributed by atoms with Crippen LogP contribution in [0.3, 0.4) is 0 Å². The number of rotatable bonds is 3. The van der Waals surface area contributed by atoms with Crippen LogP contribution in [0.25, 0.3) is 10.9 Å². The van der Waals surface area contributed by atoms with Crippen molar-refractivity contribution in [3.8, 4) is 5.75 Å². The Bertz CT molecular complexity index is 758. The van der Waals surface area contributed by atoms with Gasteiger partial charge in [0.15, 0.2) is 0 Å². The molecule has 0 saturated carbocycles. The zero-order valence-electron chi connectivity index (χ0n) is 10.5. The summed E-state index contributed by atoms with van der Waals surface area (Å²) in [5.74, 6) is 0.731. The van der Waals surface area contributed by atoms with Crippen LogP contribution in [-0.2, 0) is 6.61 Å². The molecule has 100 valence electrons. The van der Waals surface area contributed by atoms with Crippen LogP contribution in [0.15, 0.2) is 54.7 Å². The number of fused-ring (bicyclic) bond motifs is 1. The van der Waals surface area contributed by atoms with E-state index in [9.17, 15) is 0 Å². The van der Waals surface area contributed by atoms with E-state index in [1.165, 1.54) is 0 Å². The lowest BCUT2D eigenvalue weighted by Crippen LogP contribution is -1.96. The molecule has 0 amide bonds. The van der Waals surface area contributed by atoms with Crippen molar-refractivity contribution in [1.82, 2.24) is 4.98 Å². The molecule has 0 radical (unpaired) electrons. The lowest BCUT2D eigenvalue weighted by atomic mass is 10.2. The van der Waals surface area contributed by atoms with E-state index in [1.807, 2.05) is 36.4 Å². The van der Waals surface area contributed by atoms with Crippen molar-refractivity contribution in [2.45, 2.75) is 6.61 Å². The van der Waals surface area contributed by atoms with Gasteiger partial charge in [-0.1, -0.05) is 47.5 Å². The minimum atomic E-state index is 0.427. The predicted octanol–water partition coefficient (Wildman–Crippen LogP) is 5.12. The molecular formula is C16H11Cl2NO. The molecule has 0 fully saturated rings. The molecule has 0 saturated heterocycles. The highest BCUT2D eigenvalue weighted by Crippen LogP contribution is 2.24. The van der Waals surface area contributed by atoms with Gasteiger partial charge >= 0.3 is 0 Å². The number of ether oxygens (including phenoxy) is 1. The Labute approximate surface area is 126 Å². The Balaban J connectivity index is 1.77. The average Bonchev–Trinajstić information content (AvgIpc) is 2.48. The van der Waals surface area contributed by atoms with Crippen LogP contribution in [0.1, 0.15) is 5.56 Å². The minimum Gasteiger partial charge on any atom is -0.487 e. The van der Waals surface area contributed by atoms with E-state index >= 15 is 0 Å². The molecule has 1 aromatic heterocycles. The molecule has 0 aliphatic heterocycles. The molecule has 4 heteroatoms. The zero-order chi connectivity index (χ0) is 13.9. The molecule has 1 heterocycles. The molecule has 2 aromatic carbocycles. The number of hydrogen-bond donors (Lipinski definition) is 0. The van der Waals surface area contributed by atoms with E-state index in [0.717, 1.165) is 22.2 Å². The highest BCUT2D eigenvalue weighted by atomic mass is 35.5. The molecule has 0 N–H and O–H groups in total. The molecule has 20 heavy (non-hydrogen) atoms. The summed E-state index contributed by atoms with van der Waals surface area (Å²) in [4.78, 5) is 4.35. The first-order chi connectivity index (χ1) is 9.72. The molecular weight excluding hydrogens is 293 g/mol. The third kappa shape index (κ3) is 2.87. The lowest BCUT2D eigenvalue weighted by molar-refractivity contribution is 0.305. The molecule has 0 unspecified atom stereocenters. The fraction of sp³-hybridized carbons (Fsp3) is 0.0625. The summed E-state index contributed by atoms with van der Waals surface area (Å²) in [6.45, 7) is 0.427. The van der Waals surface area contributed by atoms with Crippen molar-refractivity contribution >= 4 is 34.1 Å². The topological polar surface area (TPSA) is 22.1 Å².